The maximum Gasteiger partial charge on any atom is 0.347 e. The smallest absolute Gasteiger partial charge is 0.347 e. The molecule has 138 valence electrons. The van der Waals surface area contributed by atoms with Gasteiger partial charge in [-0.25, -0.2) is 4.79 Å². The molecule has 2 rings (SSSR count). The standard InChI is InChI=1S/C20H27BrO4/c1-12-13(2)18-15(9-10-20(4,25-18)19(23)24)14(3)17(12)16(22)8-6-5-7-11-21/h5-11H2,1-4H3,(H,23,24). The zero-order valence-electron chi connectivity index (χ0n) is 15.5. The molecule has 1 aliphatic rings. The average Bonchev–Trinajstić information content (AvgIpc) is 2.56. The van der Waals surface area contributed by atoms with Crippen molar-refractivity contribution < 1.29 is 19.4 Å². The highest BCUT2D eigenvalue weighted by Crippen LogP contribution is 2.41. The van der Waals surface area contributed by atoms with Crippen LogP contribution in [-0.4, -0.2) is 27.8 Å². The van der Waals surface area contributed by atoms with Gasteiger partial charge < -0.3 is 9.84 Å². The molecule has 5 heteroatoms. The average molecular weight is 411 g/mol. The summed E-state index contributed by atoms with van der Waals surface area (Å²) >= 11 is 3.41. The molecule has 1 atom stereocenters. The van der Waals surface area contributed by atoms with E-state index < -0.39 is 11.6 Å². The molecule has 0 spiro atoms. The summed E-state index contributed by atoms with van der Waals surface area (Å²) in [5.74, 6) is -0.108. The quantitative estimate of drug-likeness (QED) is 0.393. The summed E-state index contributed by atoms with van der Waals surface area (Å²) in [6.07, 6.45) is 4.61. The number of carboxylic acid groups (broad SMARTS) is 1. The third-order valence-electron chi connectivity index (χ3n) is 5.33. The minimum atomic E-state index is -1.20. The van der Waals surface area contributed by atoms with Gasteiger partial charge in [0.1, 0.15) is 5.75 Å². The Labute approximate surface area is 158 Å². The number of aliphatic carboxylic acids is 1. The van der Waals surface area contributed by atoms with Crippen LogP contribution in [0.5, 0.6) is 5.75 Å². The van der Waals surface area contributed by atoms with Crippen LogP contribution in [0.2, 0.25) is 0 Å². The van der Waals surface area contributed by atoms with Gasteiger partial charge >= 0.3 is 5.97 Å². The molecular formula is C20H27BrO4. The summed E-state index contributed by atoms with van der Waals surface area (Å²) in [6, 6.07) is 0. The predicted molar refractivity (Wildman–Crippen MR) is 102 cm³/mol. The summed E-state index contributed by atoms with van der Waals surface area (Å²) in [4.78, 5) is 24.3. The van der Waals surface area contributed by atoms with Crippen molar-refractivity contribution in [1.29, 1.82) is 0 Å². The number of rotatable bonds is 7. The zero-order chi connectivity index (χ0) is 18.8. The number of benzene rings is 1. The van der Waals surface area contributed by atoms with Gasteiger partial charge in [-0.05, 0) is 69.2 Å². The van der Waals surface area contributed by atoms with E-state index in [0.29, 0.717) is 25.0 Å². The van der Waals surface area contributed by atoms with Crippen LogP contribution >= 0.6 is 15.9 Å². The summed E-state index contributed by atoms with van der Waals surface area (Å²) in [7, 11) is 0. The molecule has 0 bridgehead atoms. The van der Waals surface area contributed by atoms with Crippen molar-refractivity contribution in [2.24, 2.45) is 0 Å². The van der Waals surface area contributed by atoms with Gasteiger partial charge in [0.2, 0.25) is 5.60 Å². The summed E-state index contributed by atoms with van der Waals surface area (Å²) in [6.45, 7) is 7.43. The van der Waals surface area contributed by atoms with Gasteiger partial charge in [-0.3, -0.25) is 4.79 Å². The van der Waals surface area contributed by atoms with E-state index in [1.807, 2.05) is 20.8 Å². The maximum atomic E-state index is 12.8. The molecule has 1 aromatic rings. The Kier molecular flexibility index (Phi) is 6.30. The van der Waals surface area contributed by atoms with Crippen LogP contribution in [0, 0.1) is 20.8 Å². The molecule has 0 fully saturated rings. The largest absolute Gasteiger partial charge is 0.478 e. The van der Waals surface area contributed by atoms with Crippen molar-refractivity contribution in [3.8, 4) is 5.75 Å². The molecule has 0 saturated heterocycles. The van der Waals surface area contributed by atoms with Gasteiger partial charge in [0, 0.05) is 23.7 Å². The number of ether oxygens (including phenoxy) is 1. The maximum absolute atomic E-state index is 12.8. The van der Waals surface area contributed by atoms with Gasteiger partial charge in [-0.1, -0.05) is 22.4 Å². The predicted octanol–water partition coefficient (Wildman–Crippen LogP) is 4.92. The number of carboxylic acids is 1. The highest BCUT2D eigenvalue weighted by molar-refractivity contribution is 9.09. The number of carbonyl (C=O) groups excluding carboxylic acids is 1. The Bertz CT molecular complexity index is 696. The van der Waals surface area contributed by atoms with E-state index in [1.54, 1.807) is 6.92 Å². The summed E-state index contributed by atoms with van der Waals surface area (Å²) in [5, 5.41) is 10.4. The molecule has 0 aromatic heterocycles. The lowest BCUT2D eigenvalue weighted by atomic mass is 9.83. The van der Waals surface area contributed by atoms with Crippen LogP contribution < -0.4 is 4.74 Å². The van der Waals surface area contributed by atoms with Crippen LogP contribution in [0.4, 0.5) is 0 Å². The Morgan fingerprint density at radius 1 is 1.12 bits per heavy atom. The first-order valence-corrected chi connectivity index (χ1v) is 9.99. The molecular weight excluding hydrogens is 384 g/mol. The van der Waals surface area contributed by atoms with Crippen LogP contribution in [0.25, 0.3) is 0 Å². The van der Waals surface area contributed by atoms with E-state index >= 15 is 0 Å². The van der Waals surface area contributed by atoms with E-state index in [0.717, 1.165) is 52.4 Å². The topological polar surface area (TPSA) is 63.6 Å². The number of fused-ring (bicyclic) bond motifs is 1. The van der Waals surface area contributed by atoms with E-state index in [1.165, 1.54) is 0 Å². The first-order chi connectivity index (χ1) is 11.7. The van der Waals surface area contributed by atoms with Crippen molar-refractivity contribution in [2.75, 3.05) is 5.33 Å². The Morgan fingerprint density at radius 3 is 2.40 bits per heavy atom. The second-order valence-electron chi connectivity index (χ2n) is 7.12. The lowest BCUT2D eigenvalue weighted by Crippen LogP contribution is -2.44. The Balaban J connectivity index is 2.36. The number of Topliss-reactive ketones (excluding diaryl/α,β-unsaturated/α-hetero) is 1. The van der Waals surface area contributed by atoms with E-state index in [2.05, 4.69) is 15.9 Å². The van der Waals surface area contributed by atoms with Crippen molar-refractivity contribution in [3.63, 3.8) is 0 Å². The van der Waals surface area contributed by atoms with Crippen LogP contribution in [-0.2, 0) is 11.2 Å². The molecule has 25 heavy (non-hydrogen) atoms. The van der Waals surface area contributed by atoms with Gasteiger partial charge in [0.05, 0.1) is 0 Å². The molecule has 0 aliphatic carbocycles. The number of carbonyl (C=O) groups is 2. The normalized spacial score (nSPS) is 19.2. The summed E-state index contributed by atoms with van der Waals surface area (Å²) < 4.78 is 5.91. The molecule has 1 heterocycles. The van der Waals surface area contributed by atoms with Crippen molar-refractivity contribution in [3.05, 3.63) is 27.8 Å². The van der Waals surface area contributed by atoms with Crippen LogP contribution in [0.1, 0.15) is 71.6 Å². The highest BCUT2D eigenvalue weighted by atomic mass is 79.9. The fourth-order valence-electron chi connectivity index (χ4n) is 3.52. The number of ketones is 1. The fraction of sp³-hybridized carbons (Fsp3) is 0.600. The minimum absolute atomic E-state index is 0.182. The number of unbranched alkanes of at least 4 members (excludes halogenated alkanes) is 2. The first-order valence-electron chi connectivity index (χ1n) is 8.87. The first kappa shape index (κ1) is 20.0. The van der Waals surface area contributed by atoms with Gasteiger partial charge in [0.15, 0.2) is 5.78 Å². The molecule has 0 saturated carbocycles. The lowest BCUT2D eigenvalue weighted by molar-refractivity contribution is -0.155. The number of hydrogen-bond donors (Lipinski definition) is 1. The third kappa shape index (κ3) is 3.91. The SMILES string of the molecule is Cc1c(C)c(C(=O)CCCCCBr)c(C)c2c1OC(C)(C(=O)O)CC2. The van der Waals surface area contributed by atoms with E-state index in [9.17, 15) is 14.7 Å². The zero-order valence-corrected chi connectivity index (χ0v) is 17.1. The molecule has 1 aromatic carbocycles. The lowest BCUT2D eigenvalue weighted by Gasteiger charge is -2.35. The molecule has 1 N–H and O–H groups in total. The monoisotopic (exact) mass is 410 g/mol. The number of alkyl halides is 1. The Hall–Kier alpha value is -1.36. The minimum Gasteiger partial charge on any atom is -0.478 e. The fourth-order valence-corrected chi connectivity index (χ4v) is 3.91. The van der Waals surface area contributed by atoms with Gasteiger partial charge in [-0.2, -0.15) is 0 Å². The molecule has 0 radical (unpaired) electrons. The second-order valence-corrected chi connectivity index (χ2v) is 7.91. The number of halogens is 1. The van der Waals surface area contributed by atoms with Gasteiger partial charge in [-0.15, -0.1) is 0 Å². The third-order valence-corrected chi connectivity index (χ3v) is 5.89. The van der Waals surface area contributed by atoms with Crippen molar-refractivity contribution in [1.82, 2.24) is 0 Å². The highest BCUT2D eigenvalue weighted by Gasteiger charge is 2.41. The molecule has 4 nitrogen and oxygen atoms in total. The molecule has 0 amide bonds. The van der Waals surface area contributed by atoms with E-state index in [4.69, 9.17) is 4.74 Å². The Morgan fingerprint density at radius 2 is 1.80 bits per heavy atom. The van der Waals surface area contributed by atoms with Crippen molar-refractivity contribution in [2.45, 2.75) is 71.8 Å². The summed E-state index contributed by atoms with van der Waals surface area (Å²) in [5.41, 5.74) is 3.35. The van der Waals surface area contributed by atoms with Crippen LogP contribution in [0.3, 0.4) is 0 Å². The van der Waals surface area contributed by atoms with Crippen molar-refractivity contribution >= 4 is 27.7 Å². The van der Waals surface area contributed by atoms with E-state index in [-0.39, 0.29) is 5.78 Å². The van der Waals surface area contributed by atoms with Gasteiger partial charge in [0.25, 0.3) is 0 Å². The van der Waals surface area contributed by atoms with Crippen LogP contribution in [0.15, 0.2) is 0 Å². The molecule has 1 unspecified atom stereocenters. The number of hydrogen-bond acceptors (Lipinski definition) is 3. The molecule has 1 aliphatic heterocycles. The second kappa shape index (κ2) is 7.90.